The van der Waals surface area contributed by atoms with Gasteiger partial charge in [-0.3, -0.25) is 9.69 Å². The minimum atomic E-state index is -0.922. The fraction of sp³-hybridized carbons (Fsp3) is 0.548. The third-order valence-electron chi connectivity index (χ3n) is 7.45. The van der Waals surface area contributed by atoms with E-state index in [2.05, 4.69) is 15.5 Å². The van der Waals surface area contributed by atoms with Gasteiger partial charge in [-0.25, -0.2) is 9.37 Å². The lowest BCUT2D eigenvalue weighted by Gasteiger charge is -2.26. The first-order valence-electron chi connectivity index (χ1n) is 13.9. The zero-order chi connectivity index (χ0) is 28.5. The van der Waals surface area contributed by atoms with Gasteiger partial charge in [0, 0.05) is 35.9 Å². The second kappa shape index (κ2) is 11.6. The number of rotatable bonds is 5. The Hall–Kier alpha value is -2.97. The third-order valence-corrected chi connectivity index (χ3v) is 7.45. The molecule has 1 fully saturated rings. The molecule has 2 aliphatic rings. The fourth-order valence-corrected chi connectivity index (χ4v) is 5.62. The first kappa shape index (κ1) is 29.0. The van der Waals surface area contributed by atoms with Crippen molar-refractivity contribution < 1.29 is 24.1 Å². The number of nitrogens with zero attached hydrogens (tertiary/aromatic N) is 3. The summed E-state index contributed by atoms with van der Waals surface area (Å²) in [5.74, 6) is -0.966. The number of ether oxygens (including phenoxy) is 1. The molecule has 212 valence electrons. The standard InChI is InChI=1S/C27H32FN3O3.C4H10O/c1-16-19-8-7-11-34-26(19)23(28)13-20(16)25-21(14-24(32)33)17(2)29-27-22(25)12-18(30(27)3)15-31-9-5-4-6-10-31;1-4(2,3)5/h12-13H,4-11,14-15H2,1-3H3,(H,32,33);5H,1-3H3. The molecule has 1 saturated heterocycles. The Kier molecular flexibility index (Phi) is 8.66. The van der Waals surface area contributed by atoms with Crippen LogP contribution in [0.3, 0.4) is 0 Å². The number of hydrogen-bond donors (Lipinski definition) is 2. The lowest BCUT2D eigenvalue weighted by Crippen LogP contribution is -2.29. The molecule has 8 heteroatoms. The summed E-state index contributed by atoms with van der Waals surface area (Å²) in [7, 11) is 2.02. The number of piperidine rings is 1. The minimum Gasteiger partial charge on any atom is -0.490 e. The van der Waals surface area contributed by atoms with Crippen LogP contribution in [-0.4, -0.2) is 55.9 Å². The highest BCUT2D eigenvalue weighted by Crippen LogP contribution is 2.42. The highest BCUT2D eigenvalue weighted by molar-refractivity contribution is 5.98. The largest absolute Gasteiger partial charge is 0.490 e. The third kappa shape index (κ3) is 6.61. The number of aromatic nitrogens is 2. The van der Waals surface area contributed by atoms with Crippen LogP contribution >= 0.6 is 0 Å². The average molecular weight is 540 g/mol. The molecule has 0 spiro atoms. The summed E-state index contributed by atoms with van der Waals surface area (Å²) in [4.78, 5) is 19.1. The van der Waals surface area contributed by atoms with Crippen molar-refractivity contribution in [3.05, 3.63) is 46.0 Å². The summed E-state index contributed by atoms with van der Waals surface area (Å²) in [5.41, 5.74) is 6.13. The van der Waals surface area contributed by atoms with Crippen LogP contribution in [0.15, 0.2) is 12.1 Å². The van der Waals surface area contributed by atoms with Gasteiger partial charge in [-0.05, 0) is 108 Å². The fourth-order valence-electron chi connectivity index (χ4n) is 5.62. The molecule has 0 aliphatic carbocycles. The summed E-state index contributed by atoms with van der Waals surface area (Å²) in [5, 5.41) is 19.1. The molecule has 0 bridgehead atoms. The van der Waals surface area contributed by atoms with Crippen molar-refractivity contribution in [2.24, 2.45) is 7.05 Å². The number of pyridine rings is 1. The highest BCUT2D eigenvalue weighted by atomic mass is 19.1. The van der Waals surface area contributed by atoms with Crippen LogP contribution in [0, 0.1) is 19.7 Å². The van der Waals surface area contributed by atoms with Crippen LogP contribution in [0.2, 0.25) is 0 Å². The summed E-state index contributed by atoms with van der Waals surface area (Å²) in [6.07, 6.45) is 5.14. The molecule has 3 aromatic rings. The van der Waals surface area contributed by atoms with E-state index >= 15 is 4.39 Å². The van der Waals surface area contributed by atoms with E-state index in [1.54, 1.807) is 20.8 Å². The maximum absolute atomic E-state index is 15.2. The van der Waals surface area contributed by atoms with E-state index < -0.39 is 11.6 Å². The highest BCUT2D eigenvalue weighted by Gasteiger charge is 2.26. The van der Waals surface area contributed by atoms with Crippen LogP contribution < -0.4 is 4.74 Å². The molecule has 0 amide bonds. The number of aliphatic carboxylic acids is 1. The Morgan fingerprint density at radius 1 is 1.13 bits per heavy atom. The summed E-state index contributed by atoms with van der Waals surface area (Å²) < 4.78 is 23.0. The number of carboxylic acids is 1. The van der Waals surface area contributed by atoms with Crippen molar-refractivity contribution in [3.63, 3.8) is 0 Å². The summed E-state index contributed by atoms with van der Waals surface area (Å²) >= 11 is 0. The number of halogens is 1. The number of benzene rings is 1. The minimum absolute atomic E-state index is 0.158. The Balaban J connectivity index is 0.000000648. The van der Waals surface area contributed by atoms with Crippen molar-refractivity contribution >= 4 is 17.0 Å². The Labute approximate surface area is 230 Å². The molecule has 7 nitrogen and oxygen atoms in total. The first-order valence-corrected chi connectivity index (χ1v) is 13.9. The maximum Gasteiger partial charge on any atom is 0.307 e. The van der Waals surface area contributed by atoms with Crippen molar-refractivity contribution in [2.45, 2.75) is 85.3 Å². The number of aryl methyl sites for hydroxylation is 2. The molecule has 0 unspecified atom stereocenters. The lowest BCUT2D eigenvalue weighted by atomic mass is 9.87. The van der Waals surface area contributed by atoms with Gasteiger partial charge in [0.15, 0.2) is 11.6 Å². The zero-order valence-corrected chi connectivity index (χ0v) is 24.2. The van der Waals surface area contributed by atoms with Crippen LogP contribution in [0.5, 0.6) is 5.75 Å². The molecule has 4 heterocycles. The van der Waals surface area contributed by atoms with Crippen LogP contribution in [-0.2, 0) is 31.2 Å². The van der Waals surface area contributed by atoms with Gasteiger partial charge in [0.05, 0.1) is 18.6 Å². The lowest BCUT2D eigenvalue weighted by molar-refractivity contribution is -0.136. The molecule has 39 heavy (non-hydrogen) atoms. The zero-order valence-electron chi connectivity index (χ0n) is 24.2. The van der Waals surface area contributed by atoms with Crippen molar-refractivity contribution in [1.82, 2.24) is 14.5 Å². The van der Waals surface area contributed by atoms with E-state index in [4.69, 9.17) is 14.8 Å². The molecule has 0 radical (unpaired) electrons. The second-order valence-corrected chi connectivity index (χ2v) is 11.9. The molecule has 5 rings (SSSR count). The van der Waals surface area contributed by atoms with Crippen molar-refractivity contribution in [2.75, 3.05) is 19.7 Å². The van der Waals surface area contributed by atoms with E-state index in [9.17, 15) is 9.90 Å². The number of fused-ring (bicyclic) bond motifs is 2. The molecule has 2 aliphatic heterocycles. The van der Waals surface area contributed by atoms with Crippen LogP contribution in [0.25, 0.3) is 22.2 Å². The van der Waals surface area contributed by atoms with Crippen LogP contribution in [0.4, 0.5) is 4.39 Å². The average Bonchev–Trinajstić information content (AvgIpc) is 3.16. The number of carbonyl (C=O) groups is 1. The van der Waals surface area contributed by atoms with Gasteiger partial charge >= 0.3 is 5.97 Å². The second-order valence-electron chi connectivity index (χ2n) is 11.9. The molecule has 0 saturated carbocycles. The number of hydrogen-bond acceptors (Lipinski definition) is 5. The van der Waals surface area contributed by atoms with Gasteiger partial charge in [0.1, 0.15) is 5.65 Å². The summed E-state index contributed by atoms with van der Waals surface area (Å²) in [6.45, 7) is 12.6. The molecular weight excluding hydrogens is 497 g/mol. The van der Waals surface area contributed by atoms with Crippen molar-refractivity contribution in [3.8, 4) is 16.9 Å². The summed E-state index contributed by atoms with van der Waals surface area (Å²) in [6, 6.07) is 3.65. The van der Waals surface area contributed by atoms with E-state index in [0.717, 1.165) is 71.5 Å². The van der Waals surface area contributed by atoms with Gasteiger partial charge in [-0.2, -0.15) is 0 Å². The predicted octanol–water partition coefficient (Wildman–Crippen LogP) is 5.71. The molecule has 0 atom stereocenters. The Morgan fingerprint density at radius 3 is 2.44 bits per heavy atom. The van der Waals surface area contributed by atoms with Gasteiger partial charge in [-0.1, -0.05) is 6.42 Å². The topological polar surface area (TPSA) is 87.8 Å². The van der Waals surface area contributed by atoms with Crippen molar-refractivity contribution in [1.29, 1.82) is 0 Å². The first-order chi connectivity index (χ1) is 18.3. The van der Waals surface area contributed by atoms with Gasteiger partial charge in [-0.15, -0.1) is 0 Å². The quantitative estimate of drug-likeness (QED) is 0.432. The number of likely N-dealkylation sites (tertiary alicyclic amines) is 1. The normalized spacial score (nSPS) is 15.9. The monoisotopic (exact) mass is 539 g/mol. The van der Waals surface area contributed by atoms with Crippen LogP contribution in [0.1, 0.15) is 74.5 Å². The number of carboxylic acid groups (broad SMARTS) is 1. The van der Waals surface area contributed by atoms with E-state index in [-0.39, 0.29) is 12.2 Å². The molecule has 2 N–H and O–H groups in total. The molecule has 1 aromatic carbocycles. The predicted molar refractivity (Wildman–Crippen MR) is 152 cm³/mol. The van der Waals surface area contributed by atoms with Gasteiger partial charge < -0.3 is 19.5 Å². The smallest absolute Gasteiger partial charge is 0.307 e. The van der Waals surface area contributed by atoms with Gasteiger partial charge in [0.25, 0.3) is 0 Å². The maximum atomic E-state index is 15.2. The SMILES string of the molecule is CC(C)(C)O.Cc1nc2c(cc(CN3CCCCC3)n2C)c(-c2cc(F)c3c(c2C)CCCO3)c1CC(=O)O. The van der Waals surface area contributed by atoms with E-state index in [1.165, 1.54) is 25.3 Å². The van der Waals surface area contributed by atoms with E-state index in [0.29, 0.717) is 23.6 Å². The molecule has 2 aromatic heterocycles. The Bertz CT molecular complexity index is 1360. The Morgan fingerprint density at radius 2 is 1.79 bits per heavy atom. The molecular formula is C31H42FN3O4. The van der Waals surface area contributed by atoms with E-state index in [1.807, 2.05) is 20.9 Å². The van der Waals surface area contributed by atoms with Gasteiger partial charge in [0.2, 0.25) is 0 Å². The number of aliphatic hydroxyl groups is 1.